The first kappa shape index (κ1) is 18.0. The molecule has 0 aromatic carbocycles. The molecule has 0 bridgehead atoms. The molecule has 18 heavy (non-hydrogen) atoms. The summed E-state index contributed by atoms with van der Waals surface area (Å²) < 4.78 is 21.3. The second kappa shape index (κ2) is 10.9. The second-order valence-electron chi connectivity index (χ2n) is 4.63. The molecule has 5 nitrogen and oxygen atoms in total. The fourth-order valence-corrected chi connectivity index (χ4v) is 2.08. The molecule has 110 valence electrons. The first-order valence-electron chi connectivity index (χ1n) is 6.27. The zero-order valence-corrected chi connectivity index (χ0v) is 12.7. The van der Waals surface area contributed by atoms with Crippen LogP contribution < -0.4 is 5.32 Å². The molecule has 0 aromatic heterocycles. The predicted octanol–water partition coefficient (Wildman–Crippen LogP) is 0.146. The van der Waals surface area contributed by atoms with Gasteiger partial charge in [0.15, 0.2) is 0 Å². The van der Waals surface area contributed by atoms with Crippen molar-refractivity contribution in [3.05, 3.63) is 0 Å². The van der Waals surface area contributed by atoms with Crippen LogP contribution in [0.1, 0.15) is 20.3 Å². The SMILES string of the molecule is COCC(C)OCC(O)CNC(C)CCS(C)=O. The monoisotopic (exact) mass is 281 g/mol. The third-order valence-electron chi connectivity index (χ3n) is 2.51. The van der Waals surface area contributed by atoms with E-state index in [1.807, 2.05) is 13.8 Å². The number of methoxy groups -OCH3 is 1. The number of ether oxygens (including phenoxy) is 2. The molecule has 6 heteroatoms. The first-order chi connectivity index (χ1) is 8.45. The molecular weight excluding hydrogens is 254 g/mol. The zero-order chi connectivity index (χ0) is 14.0. The Morgan fingerprint density at radius 2 is 2.00 bits per heavy atom. The van der Waals surface area contributed by atoms with E-state index in [9.17, 15) is 9.32 Å². The van der Waals surface area contributed by atoms with Crippen LogP contribution in [-0.4, -0.2) is 66.4 Å². The van der Waals surface area contributed by atoms with Gasteiger partial charge >= 0.3 is 0 Å². The summed E-state index contributed by atoms with van der Waals surface area (Å²) >= 11 is 0. The van der Waals surface area contributed by atoms with E-state index >= 15 is 0 Å². The Morgan fingerprint density at radius 3 is 2.56 bits per heavy atom. The highest BCUT2D eigenvalue weighted by molar-refractivity contribution is 7.84. The standard InChI is InChI=1S/C12H27NO4S/c1-10(5-6-18(4)15)13-7-12(14)9-17-11(2)8-16-3/h10-14H,5-9H2,1-4H3. The maximum absolute atomic E-state index is 10.9. The van der Waals surface area contributed by atoms with Gasteiger partial charge in [0.25, 0.3) is 0 Å². The summed E-state index contributed by atoms with van der Waals surface area (Å²) in [7, 11) is 0.869. The lowest BCUT2D eigenvalue weighted by Gasteiger charge is -2.18. The minimum absolute atomic E-state index is 0.00964. The molecule has 0 aromatic rings. The van der Waals surface area contributed by atoms with Crippen LogP contribution >= 0.6 is 0 Å². The third kappa shape index (κ3) is 11.1. The Labute approximate surface area is 113 Å². The van der Waals surface area contributed by atoms with Gasteiger partial charge in [0, 0.05) is 42.5 Å². The molecule has 0 rings (SSSR count). The van der Waals surface area contributed by atoms with Gasteiger partial charge in [-0.15, -0.1) is 0 Å². The lowest BCUT2D eigenvalue weighted by molar-refractivity contribution is -0.0315. The summed E-state index contributed by atoms with van der Waals surface area (Å²) in [6.07, 6.45) is 2.01. The van der Waals surface area contributed by atoms with Crippen molar-refractivity contribution in [3.63, 3.8) is 0 Å². The van der Waals surface area contributed by atoms with Crippen molar-refractivity contribution < 1.29 is 18.8 Å². The van der Waals surface area contributed by atoms with Crippen LogP contribution in [0.2, 0.25) is 0 Å². The van der Waals surface area contributed by atoms with Crippen molar-refractivity contribution in [1.29, 1.82) is 0 Å². The average Bonchev–Trinajstić information content (AvgIpc) is 2.31. The Hall–Kier alpha value is -0.0100. The third-order valence-corrected chi connectivity index (χ3v) is 3.33. The quantitative estimate of drug-likeness (QED) is 0.564. The lowest BCUT2D eigenvalue weighted by atomic mass is 10.2. The molecular formula is C12H27NO4S. The normalized spacial score (nSPS) is 18.3. The molecule has 4 atom stereocenters. The Balaban J connectivity index is 3.56. The minimum Gasteiger partial charge on any atom is -0.389 e. The van der Waals surface area contributed by atoms with Crippen molar-refractivity contribution in [1.82, 2.24) is 5.32 Å². The van der Waals surface area contributed by atoms with Crippen LogP contribution in [0.25, 0.3) is 0 Å². The van der Waals surface area contributed by atoms with Crippen LogP contribution in [0.5, 0.6) is 0 Å². The number of rotatable bonds is 11. The van der Waals surface area contributed by atoms with E-state index in [-0.39, 0.29) is 12.1 Å². The van der Waals surface area contributed by atoms with Crippen molar-refractivity contribution >= 4 is 10.8 Å². The number of aliphatic hydroxyl groups is 1. The molecule has 2 N–H and O–H groups in total. The lowest BCUT2D eigenvalue weighted by Crippen LogP contribution is -2.37. The van der Waals surface area contributed by atoms with Gasteiger partial charge in [-0.1, -0.05) is 0 Å². The molecule has 0 aliphatic heterocycles. The largest absolute Gasteiger partial charge is 0.389 e. The number of aliphatic hydroxyl groups excluding tert-OH is 1. The van der Waals surface area contributed by atoms with Crippen molar-refractivity contribution in [2.45, 2.75) is 38.5 Å². The maximum atomic E-state index is 10.9. The Morgan fingerprint density at radius 1 is 1.33 bits per heavy atom. The maximum Gasteiger partial charge on any atom is 0.0897 e. The molecule has 0 saturated heterocycles. The highest BCUT2D eigenvalue weighted by Crippen LogP contribution is 1.96. The fourth-order valence-electron chi connectivity index (χ4n) is 1.40. The Kier molecular flexibility index (Phi) is 10.9. The minimum atomic E-state index is -0.753. The molecule has 0 spiro atoms. The number of nitrogens with one attached hydrogen (secondary N) is 1. The van der Waals surface area contributed by atoms with E-state index in [4.69, 9.17) is 9.47 Å². The average molecular weight is 281 g/mol. The Bertz CT molecular complexity index is 228. The fraction of sp³-hybridized carbons (Fsp3) is 1.00. The highest BCUT2D eigenvalue weighted by atomic mass is 32.2. The predicted molar refractivity (Wildman–Crippen MR) is 74.3 cm³/mol. The van der Waals surface area contributed by atoms with Crippen LogP contribution in [0, 0.1) is 0 Å². The van der Waals surface area contributed by atoms with E-state index < -0.39 is 16.9 Å². The van der Waals surface area contributed by atoms with Gasteiger partial charge in [-0.05, 0) is 20.3 Å². The van der Waals surface area contributed by atoms with E-state index in [0.29, 0.717) is 25.5 Å². The van der Waals surface area contributed by atoms with Crippen molar-refractivity contribution in [2.75, 3.05) is 38.9 Å². The van der Waals surface area contributed by atoms with Gasteiger partial charge in [-0.3, -0.25) is 4.21 Å². The van der Waals surface area contributed by atoms with Gasteiger partial charge in [-0.25, -0.2) is 0 Å². The summed E-state index contributed by atoms with van der Waals surface area (Å²) in [5, 5.41) is 12.9. The molecule has 0 amide bonds. The zero-order valence-electron chi connectivity index (χ0n) is 11.8. The van der Waals surface area contributed by atoms with E-state index in [2.05, 4.69) is 5.32 Å². The summed E-state index contributed by atoms with van der Waals surface area (Å²) in [6, 6.07) is 0.250. The smallest absolute Gasteiger partial charge is 0.0897 e. The summed E-state index contributed by atoms with van der Waals surface area (Å²) in [6.45, 7) is 5.23. The molecule has 0 saturated carbocycles. The van der Waals surface area contributed by atoms with Gasteiger partial charge in [-0.2, -0.15) is 0 Å². The summed E-state index contributed by atoms with van der Waals surface area (Å²) in [5.74, 6) is 0.686. The van der Waals surface area contributed by atoms with Crippen molar-refractivity contribution in [3.8, 4) is 0 Å². The first-order valence-corrected chi connectivity index (χ1v) is 8.00. The van der Waals surface area contributed by atoms with Gasteiger partial charge in [0.1, 0.15) is 0 Å². The van der Waals surface area contributed by atoms with Crippen LogP contribution in [0.4, 0.5) is 0 Å². The van der Waals surface area contributed by atoms with Gasteiger partial charge in [0.05, 0.1) is 25.4 Å². The molecule has 0 aliphatic rings. The topological polar surface area (TPSA) is 67.8 Å². The molecule has 4 unspecified atom stereocenters. The molecule has 0 aliphatic carbocycles. The van der Waals surface area contributed by atoms with Gasteiger partial charge in [0.2, 0.25) is 0 Å². The molecule has 0 fully saturated rings. The van der Waals surface area contributed by atoms with E-state index in [1.165, 1.54) is 0 Å². The molecule has 0 heterocycles. The van der Waals surface area contributed by atoms with E-state index in [1.54, 1.807) is 13.4 Å². The van der Waals surface area contributed by atoms with Crippen molar-refractivity contribution in [2.24, 2.45) is 0 Å². The summed E-state index contributed by atoms with van der Waals surface area (Å²) in [4.78, 5) is 0. The summed E-state index contributed by atoms with van der Waals surface area (Å²) in [5.41, 5.74) is 0. The van der Waals surface area contributed by atoms with Crippen LogP contribution in [0.3, 0.4) is 0 Å². The number of hydrogen-bond acceptors (Lipinski definition) is 5. The van der Waals surface area contributed by atoms with Crippen LogP contribution in [-0.2, 0) is 20.3 Å². The van der Waals surface area contributed by atoms with E-state index in [0.717, 1.165) is 6.42 Å². The second-order valence-corrected chi connectivity index (χ2v) is 6.18. The van der Waals surface area contributed by atoms with Gasteiger partial charge < -0.3 is 19.9 Å². The molecule has 0 radical (unpaired) electrons. The van der Waals surface area contributed by atoms with Crippen LogP contribution in [0.15, 0.2) is 0 Å². The highest BCUT2D eigenvalue weighted by Gasteiger charge is 2.10. The number of hydrogen-bond donors (Lipinski definition) is 2.